The molecule has 2 rings (SSSR count). The van der Waals surface area contributed by atoms with Gasteiger partial charge in [-0.3, -0.25) is 20.2 Å². The molecule has 0 bridgehead atoms. The van der Waals surface area contributed by atoms with Gasteiger partial charge in [-0.25, -0.2) is 9.59 Å². The summed E-state index contributed by atoms with van der Waals surface area (Å²) in [6.07, 6.45) is -1.31. The molecule has 2 aromatic carbocycles. The van der Waals surface area contributed by atoms with Crippen molar-refractivity contribution < 1.29 is 28.8 Å². The lowest BCUT2D eigenvalue weighted by molar-refractivity contribution is -0.385. The van der Waals surface area contributed by atoms with Crippen molar-refractivity contribution in [3.05, 3.63) is 64.2 Å². The number of nitro benzene ring substituents is 1. The molecule has 0 radical (unpaired) electrons. The van der Waals surface area contributed by atoms with Crippen LogP contribution in [0.25, 0.3) is 0 Å². The van der Waals surface area contributed by atoms with Crippen molar-refractivity contribution in [1.29, 1.82) is 0 Å². The van der Waals surface area contributed by atoms with Gasteiger partial charge in [-0.15, -0.1) is 0 Å². The Labute approximate surface area is 159 Å². The number of amides is 3. The Morgan fingerprint density at radius 3 is 2.39 bits per heavy atom. The van der Waals surface area contributed by atoms with Crippen LogP contribution in [0.15, 0.2) is 48.5 Å². The Hall–Kier alpha value is -3.95. The average molecular weight is 387 g/mol. The molecule has 0 spiro atoms. The van der Waals surface area contributed by atoms with E-state index in [0.29, 0.717) is 5.69 Å². The van der Waals surface area contributed by atoms with Crippen LogP contribution in [0.2, 0.25) is 0 Å². The molecule has 28 heavy (non-hydrogen) atoms. The number of rotatable bonds is 6. The Kier molecular flexibility index (Phi) is 6.63. The molecule has 2 N–H and O–H groups in total. The summed E-state index contributed by atoms with van der Waals surface area (Å²) in [5, 5.41) is 15.5. The molecule has 0 aliphatic heterocycles. The third-order valence-electron chi connectivity index (χ3n) is 3.53. The first-order chi connectivity index (χ1) is 13.3. The number of nitrogens with zero attached hydrogens (tertiary/aromatic N) is 1. The van der Waals surface area contributed by atoms with Gasteiger partial charge in [0.05, 0.1) is 17.6 Å². The summed E-state index contributed by atoms with van der Waals surface area (Å²) in [6.45, 7) is 1.26. The smallest absolute Gasteiger partial charge is 0.339 e. The average Bonchev–Trinajstić information content (AvgIpc) is 2.67. The molecule has 1 unspecified atom stereocenters. The van der Waals surface area contributed by atoms with Crippen molar-refractivity contribution in [3.63, 3.8) is 0 Å². The van der Waals surface area contributed by atoms with E-state index in [1.54, 1.807) is 30.3 Å². The number of methoxy groups -OCH3 is 1. The van der Waals surface area contributed by atoms with Crippen molar-refractivity contribution in [2.24, 2.45) is 0 Å². The highest BCUT2D eigenvalue weighted by Crippen LogP contribution is 2.27. The Morgan fingerprint density at radius 2 is 1.79 bits per heavy atom. The van der Waals surface area contributed by atoms with E-state index in [9.17, 15) is 24.5 Å². The monoisotopic (exact) mass is 387 g/mol. The number of carbonyl (C=O) groups excluding carboxylic acids is 3. The molecule has 0 heterocycles. The third-order valence-corrected chi connectivity index (χ3v) is 3.53. The number of nitro groups is 1. The van der Waals surface area contributed by atoms with Gasteiger partial charge in [-0.2, -0.15) is 0 Å². The summed E-state index contributed by atoms with van der Waals surface area (Å²) in [6, 6.07) is 11.1. The second-order valence-corrected chi connectivity index (χ2v) is 5.50. The maximum Gasteiger partial charge on any atom is 0.339 e. The van der Waals surface area contributed by atoms with E-state index in [1.807, 2.05) is 5.32 Å². The van der Waals surface area contributed by atoms with Gasteiger partial charge in [0.25, 0.3) is 5.91 Å². The van der Waals surface area contributed by atoms with E-state index in [2.05, 4.69) is 5.32 Å². The van der Waals surface area contributed by atoms with E-state index >= 15 is 0 Å². The van der Waals surface area contributed by atoms with Crippen LogP contribution in [-0.4, -0.2) is 36.0 Å². The molecule has 2 aromatic rings. The van der Waals surface area contributed by atoms with Gasteiger partial charge >= 0.3 is 17.7 Å². The maximum atomic E-state index is 12.1. The molecular weight excluding hydrogens is 370 g/mol. The fourth-order valence-electron chi connectivity index (χ4n) is 2.14. The van der Waals surface area contributed by atoms with Crippen LogP contribution in [0.1, 0.15) is 17.3 Å². The summed E-state index contributed by atoms with van der Waals surface area (Å²) < 4.78 is 9.81. The van der Waals surface area contributed by atoms with Gasteiger partial charge in [0, 0.05) is 11.8 Å². The number of hydrogen-bond donors (Lipinski definition) is 2. The fraction of sp³-hybridized carbons (Fsp3) is 0.167. The molecule has 0 aliphatic carbocycles. The summed E-state index contributed by atoms with van der Waals surface area (Å²) in [4.78, 5) is 46.3. The number of para-hydroxylation sites is 1. The summed E-state index contributed by atoms with van der Waals surface area (Å²) in [7, 11) is 1.26. The van der Waals surface area contributed by atoms with Crippen LogP contribution in [-0.2, 0) is 9.53 Å². The van der Waals surface area contributed by atoms with E-state index in [-0.39, 0.29) is 11.3 Å². The molecule has 10 heteroatoms. The standard InChI is InChI=1S/C18H17N3O7/c1-11(16(22)20-18(24)19-13-6-4-3-5-7-13)28-17(23)12-8-9-15(27-2)14(10-12)21(25)26/h3-11H,1-2H3,(H2,19,20,22,24). The molecular formula is C18H17N3O7. The first-order valence-corrected chi connectivity index (χ1v) is 8.02. The lowest BCUT2D eigenvalue weighted by Crippen LogP contribution is -2.41. The predicted molar refractivity (Wildman–Crippen MR) is 98.1 cm³/mol. The number of benzene rings is 2. The van der Waals surface area contributed by atoms with Crippen LogP contribution in [0.5, 0.6) is 5.75 Å². The zero-order chi connectivity index (χ0) is 20.7. The van der Waals surface area contributed by atoms with Gasteiger partial charge in [0.15, 0.2) is 11.9 Å². The lowest BCUT2D eigenvalue weighted by atomic mass is 10.2. The molecule has 1 atom stereocenters. The second-order valence-electron chi connectivity index (χ2n) is 5.50. The molecule has 0 saturated carbocycles. The van der Waals surface area contributed by atoms with E-state index in [0.717, 1.165) is 6.07 Å². The minimum absolute atomic E-state index is 0.0232. The highest BCUT2D eigenvalue weighted by atomic mass is 16.6. The van der Waals surface area contributed by atoms with Crippen LogP contribution in [0.3, 0.4) is 0 Å². The number of nitrogens with one attached hydrogen (secondary N) is 2. The highest BCUT2D eigenvalue weighted by molar-refractivity contribution is 6.03. The minimum atomic E-state index is -1.31. The molecule has 10 nitrogen and oxygen atoms in total. The second kappa shape index (κ2) is 9.12. The van der Waals surface area contributed by atoms with Crippen LogP contribution in [0.4, 0.5) is 16.2 Å². The molecule has 0 fully saturated rings. The van der Waals surface area contributed by atoms with Crippen molar-refractivity contribution >= 4 is 29.3 Å². The summed E-state index contributed by atoms with van der Waals surface area (Å²) in [5.74, 6) is -1.84. The van der Waals surface area contributed by atoms with Gasteiger partial charge in [0.2, 0.25) is 0 Å². The van der Waals surface area contributed by atoms with E-state index in [4.69, 9.17) is 9.47 Å². The highest BCUT2D eigenvalue weighted by Gasteiger charge is 2.23. The van der Waals surface area contributed by atoms with Gasteiger partial charge in [-0.05, 0) is 31.2 Å². The third kappa shape index (κ3) is 5.27. The van der Waals surface area contributed by atoms with Gasteiger partial charge < -0.3 is 14.8 Å². The molecule has 0 saturated heterocycles. The van der Waals surface area contributed by atoms with Crippen LogP contribution >= 0.6 is 0 Å². The van der Waals surface area contributed by atoms with Crippen molar-refractivity contribution in [3.8, 4) is 5.75 Å². The maximum absolute atomic E-state index is 12.1. The van der Waals surface area contributed by atoms with Crippen molar-refractivity contribution in [1.82, 2.24) is 5.32 Å². The minimum Gasteiger partial charge on any atom is -0.490 e. The van der Waals surface area contributed by atoms with Crippen molar-refractivity contribution in [2.45, 2.75) is 13.0 Å². The molecule has 0 aliphatic rings. The normalized spacial score (nSPS) is 11.1. The number of hydrogen-bond acceptors (Lipinski definition) is 7. The van der Waals surface area contributed by atoms with Crippen molar-refractivity contribution in [2.75, 3.05) is 12.4 Å². The first kappa shape index (κ1) is 20.4. The largest absolute Gasteiger partial charge is 0.490 e. The van der Waals surface area contributed by atoms with Gasteiger partial charge in [-0.1, -0.05) is 18.2 Å². The Bertz CT molecular complexity index is 899. The fourth-order valence-corrected chi connectivity index (χ4v) is 2.14. The molecule has 146 valence electrons. The number of urea groups is 1. The lowest BCUT2D eigenvalue weighted by Gasteiger charge is -2.13. The molecule has 0 aromatic heterocycles. The van der Waals surface area contributed by atoms with E-state index in [1.165, 1.54) is 26.2 Å². The van der Waals surface area contributed by atoms with Crippen LogP contribution in [0, 0.1) is 10.1 Å². The number of carbonyl (C=O) groups is 3. The quantitative estimate of drug-likeness (QED) is 0.441. The first-order valence-electron chi connectivity index (χ1n) is 8.02. The number of ether oxygens (including phenoxy) is 2. The topological polar surface area (TPSA) is 137 Å². The number of esters is 1. The zero-order valence-corrected chi connectivity index (χ0v) is 15.0. The Balaban J connectivity index is 1.97. The summed E-state index contributed by atoms with van der Waals surface area (Å²) in [5.41, 5.74) is -0.0832. The molecule has 3 amide bonds. The number of anilines is 1. The van der Waals surface area contributed by atoms with Crippen LogP contribution < -0.4 is 15.4 Å². The summed E-state index contributed by atoms with van der Waals surface area (Å²) >= 11 is 0. The Morgan fingerprint density at radius 1 is 1.11 bits per heavy atom. The SMILES string of the molecule is COc1ccc(C(=O)OC(C)C(=O)NC(=O)Nc2ccccc2)cc1[N+](=O)[O-]. The zero-order valence-electron chi connectivity index (χ0n) is 15.0. The van der Waals surface area contributed by atoms with Gasteiger partial charge in [0.1, 0.15) is 0 Å². The predicted octanol–water partition coefficient (Wildman–Crippen LogP) is 2.50. The number of imide groups is 1. The van der Waals surface area contributed by atoms with E-state index < -0.39 is 34.6 Å².